The molecule has 1 aromatic heterocycles. The van der Waals surface area contributed by atoms with Gasteiger partial charge in [-0.25, -0.2) is 17.7 Å². The molecule has 0 aliphatic carbocycles. The summed E-state index contributed by atoms with van der Waals surface area (Å²) in [4.78, 5) is 19.7. The molecule has 0 radical (unpaired) electrons. The molecule has 4 rings (SSSR count). The number of amides is 1. The standard InChI is InChI=1S/C20H26N4O3S2/c1-3-29(26,27)23-10-6-7-15(14-23)20(25)24-11-12-28-19(24)13-18-21-16-8-4-5-9-17(16)22(18)2/h4-5,8-9,13,15H,3,6-7,10-12,14H2,1-2H3/b19-13+/t15-/m1/s1. The van der Waals surface area contributed by atoms with Crippen LogP contribution in [0.5, 0.6) is 0 Å². The lowest BCUT2D eigenvalue weighted by molar-refractivity contribution is -0.133. The number of aryl methyl sites for hydroxylation is 1. The van der Waals surface area contributed by atoms with Crippen LogP contribution in [0, 0.1) is 5.92 Å². The summed E-state index contributed by atoms with van der Waals surface area (Å²) >= 11 is 1.65. The van der Waals surface area contributed by atoms with Gasteiger partial charge in [0.25, 0.3) is 0 Å². The predicted molar refractivity (Wildman–Crippen MR) is 117 cm³/mol. The molecule has 1 amide bonds. The van der Waals surface area contributed by atoms with E-state index in [1.54, 1.807) is 18.7 Å². The van der Waals surface area contributed by atoms with Gasteiger partial charge in [-0.3, -0.25) is 4.79 Å². The van der Waals surface area contributed by atoms with Crippen molar-refractivity contribution in [3.8, 4) is 0 Å². The third-order valence-electron chi connectivity index (χ3n) is 5.66. The average Bonchev–Trinajstić information content (AvgIpc) is 3.33. The summed E-state index contributed by atoms with van der Waals surface area (Å²) in [6.45, 7) is 3.10. The first kappa shape index (κ1) is 20.4. The van der Waals surface area contributed by atoms with Crippen LogP contribution in [0.4, 0.5) is 0 Å². The number of imidazole rings is 1. The van der Waals surface area contributed by atoms with E-state index in [9.17, 15) is 13.2 Å². The molecule has 1 aromatic carbocycles. The number of carbonyl (C=O) groups excluding carboxylic acids is 1. The fraction of sp³-hybridized carbons (Fsp3) is 0.500. The Labute approximate surface area is 175 Å². The van der Waals surface area contributed by atoms with E-state index in [0.29, 0.717) is 13.1 Å². The Bertz CT molecular complexity index is 1060. The molecule has 0 spiro atoms. The first-order valence-electron chi connectivity index (χ1n) is 9.96. The second-order valence-electron chi connectivity index (χ2n) is 7.44. The zero-order valence-electron chi connectivity index (χ0n) is 16.7. The van der Waals surface area contributed by atoms with E-state index < -0.39 is 10.0 Å². The Balaban J connectivity index is 1.57. The predicted octanol–water partition coefficient (Wildman–Crippen LogP) is 2.51. The van der Waals surface area contributed by atoms with E-state index >= 15 is 0 Å². The number of thioether (sulfide) groups is 1. The molecule has 9 heteroatoms. The Kier molecular flexibility index (Phi) is 5.72. The summed E-state index contributed by atoms with van der Waals surface area (Å²) in [5.41, 5.74) is 1.98. The second kappa shape index (κ2) is 8.12. The molecule has 3 heterocycles. The van der Waals surface area contributed by atoms with Gasteiger partial charge in [0.05, 0.1) is 27.7 Å². The third-order valence-corrected chi connectivity index (χ3v) is 8.53. The van der Waals surface area contributed by atoms with Gasteiger partial charge in [-0.05, 0) is 31.9 Å². The second-order valence-corrected chi connectivity index (χ2v) is 10.8. The minimum Gasteiger partial charge on any atom is -0.328 e. The summed E-state index contributed by atoms with van der Waals surface area (Å²) in [5, 5.41) is 0.892. The summed E-state index contributed by atoms with van der Waals surface area (Å²) in [7, 11) is -1.29. The number of sulfonamides is 1. The first-order chi connectivity index (χ1) is 13.9. The number of fused-ring (bicyclic) bond motifs is 1. The SMILES string of the molecule is CCS(=O)(=O)N1CCC[C@@H](C(=O)N2CCS/C2=C/c2nc3ccccc3n2C)C1. The monoisotopic (exact) mass is 434 g/mol. The Morgan fingerprint density at radius 1 is 1.31 bits per heavy atom. The van der Waals surface area contributed by atoms with Crippen LogP contribution in [0.1, 0.15) is 25.6 Å². The molecular weight excluding hydrogens is 408 g/mol. The lowest BCUT2D eigenvalue weighted by Crippen LogP contribution is -2.46. The largest absolute Gasteiger partial charge is 0.328 e. The molecule has 2 aliphatic heterocycles. The molecule has 0 bridgehead atoms. The summed E-state index contributed by atoms with van der Waals surface area (Å²) in [5.74, 6) is 1.46. The van der Waals surface area contributed by atoms with Crippen LogP contribution >= 0.6 is 11.8 Å². The first-order valence-corrected chi connectivity index (χ1v) is 12.6. The molecule has 0 N–H and O–H groups in total. The number of rotatable bonds is 4. The summed E-state index contributed by atoms with van der Waals surface area (Å²) in [6, 6.07) is 7.96. The van der Waals surface area contributed by atoms with E-state index in [1.807, 2.05) is 46.9 Å². The molecule has 2 fully saturated rings. The van der Waals surface area contributed by atoms with Crippen molar-refractivity contribution in [2.75, 3.05) is 31.1 Å². The maximum Gasteiger partial charge on any atom is 0.231 e. The highest BCUT2D eigenvalue weighted by molar-refractivity contribution is 8.03. The van der Waals surface area contributed by atoms with Gasteiger partial charge in [0.2, 0.25) is 15.9 Å². The zero-order valence-corrected chi connectivity index (χ0v) is 18.4. The van der Waals surface area contributed by atoms with E-state index in [0.717, 1.165) is 40.5 Å². The molecule has 1 atom stereocenters. The number of aromatic nitrogens is 2. The van der Waals surface area contributed by atoms with Gasteiger partial charge in [-0.15, -0.1) is 11.8 Å². The summed E-state index contributed by atoms with van der Waals surface area (Å²) < 4.78 is 28.0. The van der Waals surface area contributed by atoms with Crippen molar-refractivity contribution in [1.29, 1.82) is 0 Å². The van der Waals surface area contributed by atoms with Crippen molar-refractivity contribution in [2.45, 2.75) is 19.8 Å². The van der Waals surface area contributed by atoms with Crippen LogP contribution in [-0.4, -0.2) is 64.2 Å². The minimum absolute atomic E-state index is 0.0241. The number of para-hydroxylation sites is 2. The molecule has 2 saturated heterocycles. The fourth-order valence-electron chi connectivity index (χ4n) is 3.97. The highest BCUT2D eigenvalue weighted by Crippen LogP contribution is 2.33. The zero-order chi connectivity index (χ0) is 20.6. The normalized spacial score (nSPS) is 22.6. The van der Waals surface area contributed by atoms with Crippen LogP contribution in [0.25, 0.3) is 17.1 Å². The van der Waals surface area contributed by atoms with E-state index in [1.165, 1.54) is 4.31 Å². The van der Waals surface area contributed by atoms with Gasteiger partial charge in [-0.2, -0.15) is 0 Å². The smallest absolute Gasteiger partial charge is 0.231 e. The number of piperidine rings is 1. The number of hydrogen-bond donors (Lipinski definition) is 0. The maximum atomic E-state index is 13.2. The molecule has 7 nitrogen and oxygen atoms in total. The topological polar surface area (TPSA) is 75.5 Å². The van der Waals surface area contributed by atoms with Crippen molar-refractivity contribution in [1.82, 2.24) is 18.8 Å². The van der Waals surface area contributed by atoms with Crippen molar-refractivity contribution in [3.63, 3.8) is 0 Å². The summed E-state index contributed by atoms with van der Waals surface area (Å²) in [6.07, 6.45) is 3.43. The van der Waals surface area contributed by atoms with Crippen LogP contribution in [0.3, 0.4) is 0 Å². The molecule has 0 unspecified atom stereocenters. The number of nitrogens with zero attached hydrogens (tertiary/aromatic N) is 4. The quantitative estimate of drug-likeness (QED) is 0.739. The van der Waals surface area contributed by atoms with Crippen molar-refractivity contribution in [2.24, 2.45) is 13.0 Å². The van der Waals surface area contributed by atoms with Crippen LogP contribution in [0.15, 0.2) is 29.3 Å². The number of benzene rings is 1. The lowest BCUT2D eigenvalue weighted by atomic mass is 9.98. The highest BCUT2D eigenvalue weighted by Gasteiger charge is 2.36. The Morgan fingerprint density at radius 3 is 2.86 bits per heavy atom. The van der Waals surface area contributed by atoms with E-state index in [4.69, 9.17) is 0 Å². The molecule has 0 saturated carbocycles. The number of hydrogen-bond acceptors (Lipinski definition) is 5. The van der Waals surface area contributed by atoms with Crippen molar-refractivity contribution in [3.05, 3.63) is 35.1 Å². The Morgan fingerprint density at radius 2 is 2.10 bits per heavy atom. The van der Waals surface area contributed by atoms with Crippen LogP contribution in [-0.2, 0) is 21.9 Å². The van der Waals surface area contributed by atoms with E-state index in [2.05, 4.69) is 4.98 Å². The van der Waals surface area contributed by atoms with E-state index in [-0.39, 0.29) is 24.1 Å². The van der Waals surface area contributed by atoms with Crippen LogP contribution < -0.4 is 0 Å². The van der Waals surface area contributed by atoms with Crippen molar-refractivity contribution < 1.29 is 13.2 Å². The van der Waals surface area contributed by atoms with Crippen molar-refractivity contribution >= 4 is 44.8 Å². The minimum atomic E-state index is -3.26. The van der Waals surface area contributed by atoms with Crippen LogP contribution in [0.2, 0.25) is 0 Å². The molecular formula is C20H26N4O3S2. The average molecular weight is 435 g/mol. The number of carbonyl (C=O) groups is 1. The van der Waals surface area contributed by atoms with Gasteiger partial charge >= 0.3 is 0 Å². The fourth-order valence-corrected chi connectivity index (χ4v) is 6.16. The van der Waals surface area contributed by atoms with Gasteiger partial charge in [0, 0.05) is 38.5 Å². The molecule has 2 aromatic rings. The van der Waals surface area contributed by atoms with Gasteiger partial charge in [0.15, 0.2) is 0 Å². The highest BCUT2D eigenvalue weighted by atomic mass is 32.2. The molecule has 29 heavy (non-hydrogen) atoms. The molecule has 2 aliphatic rings. The maximum absolute atomic E-state index is 13.2. The van der Waals surface area contributed by atoms with Gasteiger partial charge in [-0.1, -0.05) is 12.1 Å². The Hall–Kier alpha value is -1.84. The van der Waals surface area contributed by atoms with Gasteiger partial charge in [0.1, 0.15) is 5.82 Å². The molecule has 156 valence electrons. The van der Waals surface area contributed by atoms with Gasteiger partial charge < -0.3 is 9.47 Å². The lowest BCUT2D eigenvalue weighted by Gasteiger charge is -2.33. The third kappa shape index (κ3) is 3.95.